The van der Waals surface area contributed by atoms with E-state index < -0.39 is 6.10 Å². The Morgan fingerprint density at radius 3 is 2.43 bits per heavy atom. The van der Waals surface area contributed by atoms with Gasteiger partial charge in [-0.1, -0.05) is 29.3 Å². The normalized spacial score (nSPS) is 17.0. The van der Waals surface area contributed by atoms with Gasteiger partial charge >= 0.3 is 0 Å². The monoisotopic (exact) mass is 352 g/mol. The lowest BCUT2D eigenvalue weighted by Crippen LogP contribution is -2.27. The Morgan fingerprint density at radius 1 is 1.13 bits per heavy atom. The topological polar surface area (TPSA) is 76.1 Å². The van der Waals surface area contributed by atoms with E-state index in [0.717, 1.165) is 12.8 Å². The van der Waals surface area contributed by atoms with Crippen LogP contribution < -0.4 is 10.6 Å². The SMILES string of the molecule is O=C(Nc1ccc(Nc2c(Cl)cccc2Cl)nn1)C1CCCO1. The number of anilines is 3. The van der Waals surface area contributed by atoms with E-state index in [1.165, 1.54) is 0 Å². The molecule has 1 aliphatic rings. The van der Waals surface area contributed by atoms with Gasteiger partial charge in [-0.05, 0) is 37.1 Å². The maximum atomic E-state index is 11.9. The summed E-state index contributed by atoms with van der Waals surface area (Å²) in [5.74, 6) is 0.628. The van der Waals surface area contributed by atoms with Gasteiger partial charge in [0.05, 0.1) is 15.7 Å². The molecule has 1 amide bonds. The quantitative estimate of drug-likeness (QED) is 0.878. The molecule has 0 aliphatic carbocycles. The molecule has 120 valence electrons. The van der Waals surface area contributed by atoms with Gasteiger partial charge in [0.15, 0.2) is 11.6 Å². The van der Waals surface area contributed by atoms with Crippen LogP contribution in [0, 0.1) is 0 Å². The average molecular weight is 353 g/mol. The molecule has 1 aliphatic heterocycles. The van der Waals surface area contributed by atoms with Crippen LogP contribution in [0.1, 0.15) is 12.8 Å². The number of ether oxygens (including phenoxy) is 1. The van der Waals surface area contributed by atoms with Crippen LogP contribution in [0.25, 0.3) is 0 Å². The Kier molecular flexibility index (Phi) is 4.95. The second kappa shape index (κ2) is 7.12. The van der Waals surface area contributed by atoms with Gasteiger partial charge in [0.25, 0.3) is 5.91 Å². The van der Waals surface area contributed by atoms with Crippen LogP contribution >= 0.6 is 23.2 Å². The number of nitrogens with one attached hydrogen (secondary N) is 2. The number of halogens is 2. The lowest BCUT2D eigenvalue weighted by Gasteiger charge is -2.11. The summed E-state index contributed by atoms with van der Waals surface area (Å²) in [6.45, 7) is 0.616. The summed E-state index contributed by atoms with van der Waals surface area (Å²) in [6, 6.07) is 8.52. The molecule has 0 radical (unpaired) electrons. The van der Waals surface area contributed by atoms with Crippen molar-refractivity contribution in [2.75, 3.05) is 17.2 Å². The number of carbonyl (C=O) groups excluding carboxylic acids is 1. The van der Waals surface area contributed by atoms with E-state index in [0.29, 0.717) is 34.0 Å². The first-order chi connectivity index (χ1) is 11.1. The number of benzene rings is 1. The molecule has 1 unspecified atom stereocenters. The molecule has 0 bridgehead atoms. The van der Waals surface area contributed by atoms with Gasteiger partial charge in [-0.2, -0.15) is 0 Å². The van der Waals surface area contributed by atoms with Gasteiger partial charge in [0.2, 0.25) is 0 Å². The number of hydrogen-bond donors (Lipinski definition) is 2. The number of para-hydroxylation sites is 1. The summed E-state index contributed by atoms with van der Waals surface area (Å²) in [7, 11) is 0. The zero-order valence-electron chi connectivity index (χ0n) is 12.1. The van der Waals surface area contributed by atoms with Gasteiger partial charge < -0.3 is 15.4 Å². The first-order valence-electron chi connectivity index (χ1n) is 7.11. The van der Waals surface area contributed by atoms with E-state index in [2.05, 4.69) is 20.8 Å². The minimum atomic E-state index is -0.406. The van der Waals surface area contributed by atoms with Gasteiger partial charge in [-0.25, -0.2) is 0 Å². The van der Waals surface area contributed by atoms with E-state index in [1.807, 2.05) is 0 Å². The van der Waals surface area contributed by atoms with Gasteiger partial charge in [-0.15, -0.1) is 10.2 Å². The standard InChI is InChI=1S/C15H14Cl2N4O2/c16-9-3-1-4-10(17)14(9)18-12-6-7-13(21-20-12)19-15(22)11-5-2-8-23-11/h1,3-4,6-7,11H,2,5,8H2,(H,18,20)(H,19,21,22). The van der Waals surface area contributed by atoms with Gasteiger partial charge in [0, 0.05) is 6.61 Å². The molecule has 2 heterocycles. The third-order valence-electron chi connectivity index (χ3n) is 3.35. The molecule has 1 aromatic carbocycles. The Labute approximate surface area is 143 Å². The van der Waals surface area contributed by atoms with E-state index in [-0.39, 0.29) is 5.91 Å². The molecule has 0 saturated carbocycles. The summed E-state index contributed by atoms with van der Waals surface area (Å²) >= 11 is 12.2. The Morgan fingerprint density at radius 2 is 1.83 bits per heavy atom. The number of aromatic nitrogens is 2. The number of hydrogen-bond acceptors (Lipinski definition) is 5. The Balaban J connectivity index is 1.66. The fourth-order valence-electron chi connectivity index (χ4n) is 2.20. The highest BCUT2D eigenvalue weighted by atomic mass is 35.5. The third kappa shape index (κ3) is 3.90. The predicted octanol–water partition coefficient (Wildman–Crippen LogP) is 3.64. The molecule has 0 spiro atoms. The second-order valence-corrected chi connectivity index (χ2v) is 5.83. The molecular formula is C15H14Cl2N4O2. The number of carbonyl (C=O) groups is 1. The third-order valence-corrected chi connectivity index (χ3v) is 3.98. The van der Waals surface area contributed by atoms with Crippen molar-refractivity contribution < 1.29 is 9.53 Å². The highest BCUT2D eigenvalue weighted by molar-refractivity contribution is 6.39. The van der Waals surface area contributed by atoms with Crippen molar-refractivity contribution in [3.8, 4) is 0 Å². The molecule has 2 aromatic rings. The maximum Gasteiger partial charge on any atom is 0.254 e. The van der Waals surface area contributed by atoms with E-state index >= 15 is 0 Å². The minimum Gasteiger partial charge on any atom is -0.368 e. The number of nitrogens with zero attached hydrogens (tertiary/aromatic N) is 2. The van der Waals surface area contributed by atoms with Crippen LogP contribution in [-0.4, -0.2) is 28.8 Å². The smallest absolute Gasteiger partial charge is 0.254 e. The largest absolute Gasteiger partial charge is 0.368 e. The van der Waals surface area contributed by atoms with E-state index in [9.17, 15) is 4.79 Å². The zero-order valence-corrected chi connectivity index (χ0v) is 13.6. The van der Waals surface area contributed by atoms with Crippen molar-refractivity contribution in [3.63, 3.8) is 0 Å². The van der Waals surface area contributed by atoms with Crippen LogP contribution in [0.15, 0.2) is 30.3 Å². The fraction of sp³-hybridized carbons (Fsp3) is 0.267. The van der Waals surface area contributed by atoms with Gasteiger partial charge in [-0.3, -0.25) is 4.79 Å². The average Bonchev–Trinajstić information content (AvgIpc) is 3.07. The molecule has 6 nitrogen and oxygen atoms in total. The summed E-state index contributed by atoms with van der Waals surface area (Å²) in [4.78, 5) is 11.9. The summed E-state index contributed by atoms with van der Waals surface area (Å²) in [6.07, 6.45) is 1.21. The molecule has 2 N–H and O–H groups in total. The summed E-state index contributed by atoms with van der Waals surface area (Å²) < 4.78 is 5.31. The first-order valence-corrected chi connectivity index (χ1v) is 7.86. The Bertz CT molecular complexity index is 683. The highest BCUT2D eigenvalue weighted by Crippen LogP contribution is 2.31. The summed E-state index contributed by atoms with van der Waals surface area (Å²) in [5.41, 5.74) is 0.557. The second-order valence-electron chi connectivity index (χ2n) is 5.02. The van der Waals surface area contributed by atoms with Crippen molar-refractivity contribution >= 4 is 46.4 Å². The van der Waals surface area contributed by atoms with Crippen molar-refractivity contribution in [1.82, 2.24) is 10.2 Å². The summed E-state index contributed by atoms with van der Waals surface area (Å²) in [5, 5.41) is 14.6. The van der Waals surface area contributed by atoms with Crippen molar-refractivity contribution in [1.29, 1.82) is 0 Å². The van der Waals surface area contributed by atoms with Crippen LogP contribution in [-0.2, 0) is 9.53 Å². The molecular weight excluding hydrogens is 339 g/mol. The Hall–Kier alpha value is -1.89. The van der Waals surface area contributed by atoms with Crippen LogP contribution in [0.4, 0.5) is 17.3 Å². The van der Waals surface area contributed by atoms with Crippen LogP contribution in [0.2, 0.25) is 10.0 Å². The number of amides is 1. The molecule has 8 heteroatoms. The lowest BCUT2D eigenvalue weighted by atomic mass is 10.2. The maximum absolute atomic E-state index is 11.9. The molecule has 3 rings (SSSR count). The predicted molar refractivity (Wildman–Crippen MR) is 89.4 cm³/mol. The fourth-order valence-corrected chi connectivity index (χ4v) is 2.69. The molecule has 23 heavy (non-hydrogen) atoms. The lowest BCUT2D eigenvalue weighted by molar-refractivity contribution is -0.124. The van der Waals surface area contributed by atoms with E-state index in [1.54, 1.807) is 30.3 Å². The van der Waals surface area contributed by atoms with Crippen LogP contribution in [0.5, 0.6) is 0 Å². The minimum absolute atomic E-state index is 0.202. The zero-order chi connectivity index (χ0) is 16.2. The highest BCUT2D eigenvalue weighted by Gasteiger charge is 2.23. The van der Waals surface area contributed by atoms with Crippen molar-refractivity contribution in [2.45, 2.75) is 18.9 Å². The van der Waals surface area contributed by atoms with Crippen LogP contribution in [0.3, 0.4) is 0 Å². The van der Waals surface area contributed by atoms with Crippen molar-refractivity contribution in [2.24, 2.45) is 0 Å². The van der Waals surface area contributed by atoms with Crippen molar-refractivity contribution in [3.05, 3.63) is 40.4 Å². The molecule has 1 saturated heterocycles. The van der Waals surface area contributed by atoms with E-state index in [4.69, 9.17) is 27.9 Å². The first kappa shape index (κ1) is 16.0. The van der Waals surface area contributed by atoms with Gasteiger partial charge in [0.1, 0.15) is 6.10 Å². The molecule has 1 aromatic heterocycles. The number of rotatable bonds is 4. The molecule has 1 fully saturated rings. The molecule has 1 atom stereocenters.